The highest BCUT2D eigenvalue weighted by atomic mass is 35.5. The average molecular weight is 524 g/mol. The van der Waals surface area contributed by atoms with Crippen molar-refractivity contribution < 1.29 is 0 Å². The molecule has 0 saturated heterocycles. The minimum absolute atomic E-state index is 0.109. The lowest BCUT2D eigenvalue weighted by atomic mass is 9.97. The van der Waals surface area contributed by atoms with Crippen LogP contribution in [0.4, 0.5) is 0 Å². The van der Waals surface area contributed by atoms with Gasteiger partial charge in [-0.2, -0.15) is 5.10 Å². The van der Waals surface area contributed by atoms with E-state index in [1.54, 1.807) is 11.8 Å². The summed E-state index contributed by atoms with van der Waals surface area (Å²) in [5, 5.41) is 5.50. The van der Waals surface area contributed by atoms with Crippen molar-refractivity contribution in [1.82, 2.24) is 16.3 Å². The van der Waals surface area contributed by atoms with Crippen molar-refractivity contribution in [3.8, 4) is 0 Å². The number of thioether (sulfide) groups is 1. The van der Waals surface area contributed by atoms with Gasteiger partial charge in [-0.05, 0) is 41.5 Å². The van der Waals surface area contributed by atoms with Gasteiger partial charge in [0.2, 0.25) is 5.96 Å². The van der Waals surface area contributed by atoms with Crippen LogP contribution in [0.5, 0.6) is 0 Å². The Labute approximate surface area is 226 Å². The molecule has 0 aromatic heterocycles. The fraction of sp³-hybridized carbons (Fsp3) is 0.0667. The van der Waals surface area contributed by atoms with Crippen molar-refractivity contribution >= 4 is 35.0 Å². The van der Waals surface area contributed by atoms with Crippen molar-refractivity contribution in [2.75, 3.05) is 0 Å². The zero-order chi connectivity index (χ0) is 25.3. The Bertz CT molecular complexity index is 1370. The normalized spacial score (nSPS) is 15.9. The SMILES string of the molecule is Clc1ccc(S[C@@H](/C=C\NNC2=N[C@H](c3ccccc3)C(c3ccccc3)=NN2)c2ccccc2)cc1. The first kappa shape index (κ1) is 24.7. The van der Waals surface area contributed by atoms with Gasteiger partial charge in [0.05, 0.1) is 11.0 Å². The topological polar surface area (TPSA) is 60.8 Å². The summed E-state index contributed by atoms with van der Waals surface area (Å²) >= 11 is 7.82. The molecule has 37 heavy (non-hydrogen) atoms. The van der Waals surface area contributed by atoms with E-state index in [2.05, 4.69) is 63.9 Å². The standard InChI is InChI=1S/C30H26ClN5S/c31-25-16-18-26(19-17-25)37-27(22-10-4-1-5-11-22)20-21-32-35-30-33-28(23-12-6-2-7-13-23)29(34-36-30)24-14-8-3-9-15-24/h1-21,27-28,32H,(H2,33,35,36)/b21-20-/t27-,28+/m0/s1. The average Bonchev–Trinajstić information content (AvgIpc) is 2.97. The first-order chi connectivity index (χ1) is 18.3. The molecule has 0 bridgehead atoms. The van der Waals surface area contributed by atoms with Gasteiger partial charge in [0, 0.05) is 21.7 Å². The van der Waals surface area contributed by atoms with Crippen LogP contribution in [0.25, 0.3) is 0 Å². The monoisotopic (exact) mass is 523 g/mol. The molecule has 1 heterocycles. The number of hydrogen-bond acceptors (Lipinski definition) is 6. The summed E-state index contributed by atoms with van der Waals surface area (Å²) in [6, 6.07) is 38.4. The summed E-state index contributed by atoms with van der Waals surface area (Å²) in [5.74, 6) is 0.541. The highest BCUT2D eigenvalue weighted by Gasteiger charge is 2.23. The Morgan fingerprint density at radius 3 is 2.16 bits per heavy atom. The molecule has 2 atom stereocenters. The predicted octanol–water partition coefficient (Wildman–Crippen LogP) is 6.89. The molecule has 3 N–H and O–H groups in total. The number of nitrogens with zero attached hydrogens (tertiary/aromatic N) is 2. The van der Waals surface area contributed by atoms with Gasteiger partial charge in [-0.1, -0.05) is 103 Å². The molecular weight excluding hydrogens is 498 g/mol. The number of benzene rings is 4. The summed E-state index contributed by atoms with van der Waals surface area (Å²) in [4.78, 5) is 6.05. The molecule has 1 aliphatic heterocycles. The highest BCUT2D eigenvalue weighted by Crippen LogP contribution is 2.36. The third kappa shape index (κ3) is 6.61. The molecule has 7 heteroatoms. The largest absolute Gasteiger partial charge is 0.306 e. The van der Waals surface area contributed by atoms with E-state index in [9.17, 15) is 0 Å². The second-order valence-electron chi connectivity index (χ2n) is 8.30. The molecule has 5 rings (SSSR count). The maximum absolute atomic E-state index is 6.07. The number of nitrogens with one attached hydrogen (secondary N) is 3. The zero-order valence-corrected chi connectivity index (χ0v) is 21.5. The van der Waals surface area contributed by atoms with E-state index in [1.165, 1.54) is 5.56 Å². The predicted molar refractivity (Wildman–Crippen MR) is 155 cm³/mol. The molecule has 0 saturated carbocycles. The zero-order valence-electron chi connectivity index (χ0n) is 20.0. The molecular formula is C30H26ClN5S. The summed E-state index contributed by atoms with van der Waals surface area (Å²) in [5.41, 5.74) is 13.5. The van der Waals surface area contributed by atoms with Crippen LogP contribution >= 0.6 is 23.4 Å². The van der Waals surface area contributed by atoms with Crippen LogP contribution in [0.1, 0.15) is 28.0 Å². The second kappa shape index (κ2) is 12.3. The van der Waals surface area contributed by atoms with Crippen LogP contribution in [0.2, 0.25) is 5.02 Å². The van der Waals surface area contributed by atoms with Crippen LogP contribution in [0.3, 0.4) is 0 Å². The summed E-state index contributed by atoms with van der Waals surface area (Å²) in [6.07, 6.45) is 4.00. The Morgan fingerprint density at radius 1 is 0.811 bits per heavy atom. The minimum atomic E-state index is -0.226. The molecule has 4 aromatic carbocycles. The smallest absolute Gasteiger partial charge is 0.232 e. The van der Waals surface area contributed by atoms with E-state index < -0.39 is 0 Å². The van der Waals surface area contributed by atoms with E-state index in [0.29, 0.717) is 5.96 Å². The molecule has 5 nitrogen and oxygen atoms in total. The summed E-state index contributed by atoms with van der Waals surface area (Å²) in [6.45, 7) is 0. The van der Waals surface area contributed by atoms with E-state index in [0.717, 1.165) is 26.8 Å². The Morgan fingerprint density at radius 2 is 1.46 bits per heavy atom. The van der Waals surface area contributed by atoms with Gasteiger partial charge in [0.25, 0.3) is 0 Å². The van der Waals surface area contributed by atoms with E-state index in [-0.39, 0.29) is 11.3 Å². The van der Waals surface area contributed by atoms with Crippen molar-refractivity contribution in [2.45, 2.75) is 16.2 Å². The number of hydrogen-bond donors (Lipinski definition) is 3. The number of halogens is 1. The first-order valence-corrected chi connectivity index (χ1v) is 13.2. The Balaban J connectivity index is 1.29. The molecule has 4 aromatic rings. The van der Waals surface area contributed by atoms with Crippen molar-refractivity contribution in [3.63, 3.8) is 0 Å². The van der Waals surface area contributed by atoms with E-state index in [4.69, 9.17) is 16.6 Å². The fourth-order valence-electron chi connectivity index (χ4n) is 3.92. The van der Waals surface area contributed by atoms with Crippen LogP contribution < -0.4 is 16.3 Å². The number of aliphatic imine (C=N–C) groups is 1. The second-order valence-corrected chi connectivity index (χ2v) is 9.95. The van der Waals surface area contributed by atoms with Gasteiger partial charge in [-0.25, -0.2) is 10.4 Å². The molecule has 0 radical (unpaired) electrons. The molecule has 0 aliphatic carbocycles. The molecule has 0 fully saturated rings. The van der Waals surface area contributed by atoms with Gasteiger partial charge >= 0.3 is 0 Å². The molecule has 0 amide bonds. The summed E-state index contributed by atoms with van der Waals surface area (Å²) < 4.78 is 0. The van der Waals surface area contributed by atoms with E-state index >= 15 is 0 Å². The molecule has 1 aliphatic rings. The first-order valence-electron chi connectivity index (χ1n) is 11.9. The lowest BCUT2D eigenvalue weighted by Crippen LogP contribution is -2.44. The number of hydrazine groups is 1. The van der Waals surface area contributed by atoms with Gasteiger partial charge < -0.3 is 5.43 Å². The van der Waals surface area contributed by atoms with Gasteiger partial charge in [0.1, 0.15) is 6.04 Å². The minimum Gasteiger partial charge on any atom is -0.306 e. The highest BCUT2D eigenvalue weighted by molar-refractivity contribution is 7.99. The van der Waals surface area contributed by atoms with Crippen LogP contribution in [0.15, 0.2) is 143 Å². The third-order valence-corrected chi connectivity index (χ3v) is 7.21. The number of guanidine groups is 1. The van der Waals surface area contributed by atoms with E-state index in [1.807, 2.05) is 85.1 Å². The van der Waals surface area contributed by atoms with Gasteiger partial charge in [-0.15, -0.1) is 11.8 Å². The Hall–Kier alpha value is -4.00. The van der Waals surface area contributed by atoms with Crippen molar-refractivity contribution in [3.05, 3.63) is 149 Å². The molecule has 184 valence electrons. The molecule has 0 spiro atoms. The van der Waals surface area contributed by atoms with Crippen molar-refractivity contribution in [1.29, 1.82) is 0 Å². The maximum Gasteiger partial charge on any atom is 0.232 e. The van der Waals surface area contributed by atoms with Crippen LogP contribution in [-0.2, 0) is 0 Å². The lowest BCUT2D eigenvalue weighted by Gasteiger charge is -2.23. The number of hydrazone groups is 1. The fourth-order valence-corrected chi connectivity index (χ4v) is 5.08. The maximum atomic E-state index is 6.07. The molecule has 0 unspecified atom stereocenters. The third-order valence-electron chi connectivity index (χ3n) is 5.73. The number of rotatable bonds is 8. The lowest BCUT2D eigenvalue weighted by molar-refractivity contribution is 0.735. The van der Waals surface area contributed by atoms with Crippen molar-refractivity contribution in [2.24, 2.45) is 10.1 Å². The quantitative estimate of drug-likeness (QED) is 0.174. The Kier molecular flexibility index (Phi) is 8.21. The van der Waals surface area contributed by atoms with Crippen LogP contribution in [-0.4, -0.2) is 11.7 Å². The van der Waals surface area contributed by atoms with Gasteiger partial charge in [-0.3, -0.25) is 5.43 Å². The van der Waals surface area contributed by atoms with Gasteiger partial charge in [0.15, 0.2) is 0 Å². The van der Waals surface area contributed by atoms with Crippen LogP contribution in [0, 0.1) is 0 Å². The summed E-state index contributed by atoms with van der Waals surface area (Å²) in [7, 11) is 0.